The molecule has 0 bridgehead atoms. The zero-order chi connectivity index (χ0) is 23.7. The third-order valence-electron chi connectivity index (χ3n) is 5.14. The van der Waals surface area contributed by atoms with Gasteiger partial charge in [-0.25, -0.2) is 4.90 Å². The van der Waals surface area contributed by atoms with E-state index in [4.69, 9.17) is 27.6 Å². The van der Waals surface area contributed by atoms with Gasteiger partial charge in [-0.3, -0.25) is 24.5 Å². The highest BCUT2D eigenvalue weighted by atomic mass is 35.5. The molecule has 0 saturated carbocycles. The van der Waals surface area contributed by atoms with E-state index in [-0.39, 0.29) is 23.6 Å². The molecule has 33 heavy (non-hydrogen) atoms. The number of nitrogens with zero attached hydrogens (tertiary/aromatic N) is 3. The van der Waals surface area contributed by atoms with Crippen LogP contribution in [0.5, 0.6) is 0 Å². The lowest BCUT2D eigenvalue weighted by Crippen LogP contribution is -2.45. The lowest BCUT2D eigenvalue weighted by Gasteiger charge is -2.27. The fourth-order valence-corrected chi connectivity index (χ4v) is 3.88. The Kier molecular flexibility index (Phi) is 6.17. The molecule has 1 aliphatic heterocycles. The molecule has 168 valence electrons. The number of hydrogen-bond donors (Lipinski definition) is 0. The van der Waals surface area contributed by atoms with Crippen LogP contribution in [0.25, 0.3) is 0 Å². The number of halogens is 2. The van der Waals surface area contributed by atoms with Crippen LogP contribution in [-0.4, -0.2) is 33.6 Å². The minimum absolute atomic E-state index is 0.0529. The van der Waals surface area contributed by atoms with Crippen LogP contribution >= 0.6 is 23.2 Å². The number of rotatable bonds is 6. The number of carbonyl (C=O) groups is 3. The number of hydrogen-bond acceptors (Lipinski definition) is 6. The van der Waals surface area contributed by atoms with Crippen LogP contribution < -0.4 is 4.90 Å². The number of nitro groups is 1. The molecule has 2 aromatic carbocycles. The van der Waals surface area contributed by atoms with Gasteiger partial charge in [0.25, 0.3) is 17.5 Å². The third kappa shape index (κ3) is 4.46. The first-order valence-electron chi connectivity index (χ1n) is 9.66. The van der Waals surface area contributed by atoms with E-state index in [1.807, 2.05) is 0 Å². The van der Waals surface area contributed by atoms with Crippen molar-refractivity contribution in [3.8, 4) is 0 Å². The summed E-state index contributed by atoms with van der Waals surface area (Å²) in [6.07, 6.45) is 1.15. The Hall–Kier alpha value is -3.69. The van der Waals surface area contributed by atoms with E-state index in [0.29, 0.717) is 16.5 Å². The molecule has 11 heteroatoms. The first kappa shape index (κ1) is 22.5. The first-order valence-corrected chi connectivity index (χ1v) is 10.4. The highest BCUT2D eigenvalue weighted by Crippen LogP contribution is 2.30. The number of furan rings is 1. The van der Waals surface area contributed by atoms with Crippen molar-refractivity contribution in [2.75, 3.05) is 4.90 Å². The van der Waals surface area contributed by atoms with Gasteiger partial charge in [-0.15, -0.1) is 0 Å². The van der Waals surface area contributed by atoms with Gasteiger partial charge in [-0.1, -0.05) is 23.2 Å². The largest absolute Gasteiger partial charge is 0.467 e. The van der Waals surface area contributed by atoms with E-state index in [9.17, 15) is 24.5 Å². The zero-order valence-corrected chi connectivity index (χ0v) is 18.3. The maximum absolute atomic E-state index is 13.4. The highest BCUT2D eigenvalue weighted by molar-refractivity contribution is 6.33. The smallest absolute Gasteiger partial charge is 0.288 e. The van der Waals surface area contributed by atoms with Gasteiger partial charge in [0.2, 0.25) is 5.91 Å². The number of benzene rings is 2. The van der Waals surface area contributed by atoms with Crippen molar-refractivity contribution in [2.24, 2.45) is 0 Å². The predicted octanol–water partition coefficient (Wildman–Crippen LogP) is 4.47. The summed E-state index contributed by atoms with van der Waals surface area (Å²) in [4.78, 5) is 52.1. The van der Waals surface area contributed by atoms with Crippen molar-refractivity contribution in [2.45, 2.75) is 19.0 Å². The van der Waals surface area contributed by atoms with E-state index >= 15 is 0 Å². The summed E-state index contributed by atoms with van der Waals surface area (Å²) in [6.45, 7) is -0.125. The van der Waals surface area contributed by atoms with Gasteiger partial charge in [-0.2, -0.15) is 0 Å². The normalized spacial score (nSPS) is 15.7. The van der Waals surface area contributed by atoms with Crippen molar-refractivity contribution in [1.29, 1.82) is 0 Å². The third-order valence-corrected chi connectivity index (χ3v) is 5.71. The predicted molar refractivity (Wildman–Crippen MR) is 119 cm³/mol. The molecule has 1 aliphatic rings. The summed E-state index contributed by atoms with van der Waals surface area (Å²) in [6, 6.07) is 11.8. The Bertz CT molecular complexity index is 1240. The minimum atomic E-state index is -1.14. The molecule has 3 aromatic rings. The second-order valence-corrected chi connectivity index (χ2v) is 8.04. The van der Waals surface area contributed by atoms with Gasteiger partial charge in [-0.05, 0) is 48.5 Å². The second-order valence-electron chi connectivity index (χ2n) is 7.20. The number of nitro benzene ring substituents is 1. The van der Waals surface area contributed by atoms with E-state index in [1.165, 1.54) is 35.4 Å². The topological polar surface area (TPSA) is 114 Å². The molecule has 1 saturated heterocycles. The van der Waals surface area contributed by atoms with Gasteiger partial charge < -0.3 is 9.32 Å². The van der Waals surface area contributed by atoms with Crippen LogP contribution in [0.1, 0.15) is 22.5 Å². The monoisotopic (exact) mass is 487 g/mol. The fourth-order valence-electron chi connectivity index (χ4n) is 3.57. The molecule has 1 unspecified atom stereocenters. The maximum Gasteiger partial charge on any atom is 0.288 e. The average Bonchev–Trinajstić information content (AvgIpc) is 3.40. The Balaban J connectivity index is 1.70. The molecule has 0 N–H and O–H groups in total. The van der Waals surface area contributed by atoms with Gasteiger partial charge in [0.15, 0.2) is 0 Å². The van der Waals surface area contributed by atoms with Crippen molar-refractivity contribution in [3.05, 3.63) is 92.3 Å². The molecule has 0 radical (unpaired) electrons. The summed E-state index contributed by atoms with van der Waals surface area (Å²) >= 11 is 11.8. The molecule has 4 rings (SSSR count). The molecule has 0 spiro atoms. The van der Waals surface area contributed by atoms with Crippen LogP contribution in [0, 0.1) is 10.1 Å². The molecule has 1 atom stereocenters. The molecule has 9 nitrogen and oxygen atoms in total. The zero-order valence-electron chi connectivity index (χ0n) is 16.8. The SMILES string of the molecule is O=C1CC(N(Cc2ccco2)C(=O)c2ccc(Cl)c([N+](=O)[O-])c2)C(=O)N1c1ccc(Cl)cc1. The van der Waals surface area contributed by atoms with E-state index < -0.39 is 34.4 Å². The summed E-state index contributed by atoms with van der Waals surface area (Å²) in [5.41, 5.74) is -0.177. The number of carbonyl (C=O) groups excluding carboxylic acids is 3. The summed E-state index contributed by atoms with van der Waals surface area (Å²) < 4.78 is 5.33. The van der Waals surface area contributed by atoms with Gasteiger partial charge in [0.1, 0.15) is 16.8 Å². The number of anilines is 1. The molecule has 1 aromatic heterocycles. The summed E-state index contributed by atoms with van der Waals surface area (Å²) in [5.74, 6) is -1.41. The van der Waals surface area contributed by atoms with Crippen molar-refractivity contribution >= 4 is 52.3 Å². The molecule has 3 amide bonds. The Morgan fingerprint density at radius 1 is 1.15 bits per heavy atom. The van der Waals surface area contributed by atoms with Crippen LogP contribution in [0.2, 0.25) is 10.0 Å². The van der Waals surface area contributed by atoms with Crippen molar-refractivity contribution in [3.63, 3.8) is 0 Å². The van der Waals surface area contributed by atoms with Gasteiger partial charge in [0.05, 0.1) is 29.8 Å². The lowest BCUT2D eigenvalue weighted by atomic mass is 10.1. The van der Waals surface area contributed by atoms with Crippen molar-refractivity contribution in [1.82, 2.24) is 4.90 Å². The van der Waals surface area contributed by atoms with Crippen molar-refractivity contribution < 1.29 is 23.7 Å². The van der Waals surface area contributed by atoms with Crippen LogP contribution in [0.3, 0.4) is 0 Å². The van der Waals surface area contributed by atoms with E-state index in [2.05, 4.69) is 0 Å². The highest BCUT2D eigenvalue weighted by Gasteiger charge is 2.45. The van der Waals surface area contributed by atoms with E-state index in [1.54, 1.807) is 24.3 Å². The minimum Gasteiger partial charge on any atom is -0.467 e. The Morgan fingerprint density at radius 2 is 1.88 bits per heavy atom. The quantitative estimate of drug-likeness (QED) is 0.287. The van der Waals surface area contributed by atoms with Crippen LogP contribution in [0.15, 0.2) is 65.3 Å². The number of imide groups is 1. The molecule has 2 heterocycles. The van der Waals surface area contributed by atoms with Crippen LogP contribution in [-0.2, 0) is 16.1 Å². The fraction of sp³-hybridized carbons (Fsp3) is 0.136. The number of amides is 3. The average molecular weight is 488 g/mol. The van der Waals surface area contributed by atoms with Gasteiger partial charge >= 0.3 is 0 Å². The second kappa shape index (κ2) is 9.05. The maximum atomic E-state index is 13.4. The molecule has 0 aliphatic carbocycles. The van der Waals surface area contributed by atoms with E-state index in [0.717, 1.165) is 11.0 Å². The molecular formula is C22H15Cl2N3O6. The standard InChI is InChI=1S/C22H15Cl2N3O6/c23-14-4-6-15(7-5-14)26-20(28)11-19(22(26)30)25(12-16-2-1-9-33-16)21(29)13-3-8-17(24)18(10-13)27(31)32/h1-10,19H,11-12H2. The Morgan fingerprint density at radius 3 is 2.52 bits per heavy atom. The summed E-state index contributed by atoms with van der Waals surface area (Å²) in [5, 5.41) is 11.6. The molecule has 1 fully saturated rings. The lowest BCUT2D eigenvalue weighted by molar-refractivity contribution is -0.384. The Labute approximate surface area is 197 Å². The van der Waals surface area contributed by atoms with Crippen LogP contribution in [0.4, 0.5) is 11.4 Å². The summed E-state index contributed by atoms with van der Waals surface area (Å²) in [7, 11) is 0. The van der Waals surface area contributed by atoms with Gasteiger partial charge in [0, 0.05) is 16.7 Å². The molecular weight excluding hydrogens is 473 g/mol. The first-order chi connectivity index (χ1) is 15.8.